The SMILES string of the molecule is COC(=O)C(C)(C)NC(=O)C(=O)c1ccc(C)cc1. The van der Waals surface area contributed by atoms with Crippen LogP contribution in [0, 0.1) is 6.92 Å². The normalized spacial score (nSPS) is 10.7. The number of amides is 1. The van der Waals surface area contributed by atoms with Crippen LogP contribution < -0.4 is 5.32 Å². The van der Waals surface area contributed by atoms with Crippen molar-refractivity contribution in [2.75, 3.05) is 7.11 Å². The van der Waals surface area contributed by atoms with E-state index in [4.69, 9.17) is 0 Å². The summed E-state index contributed by atoms with van der Waals surface area (Å²) < 4.78 is 4.55. The third-order valence-electron chi connectivity index (χ3n) is 2.64. The highest BCUT2D eigenvalue weighted by atomic mass is 16.5. The Kier molecular flexibility index (Phi) is 4.43. The highest BCUT2D eigenvalue weighted by Gasteiger charge is 2.32. The quantitative estimate of drug-likeness (QED) is 0.504. The van der Waals surface area contributed by atoms with Crippen LogP contribution in [0.25, 0.3) is 0 Å². The third kappa shape index (κ3) is 3.64. The maximum Gasteiger partial charge on any atom is 0.330 e. The summed E-state index contributed by atoms with van der Waals surface area (Å²) in [5, 5.41) is 2.36. The minimum Gasteiger partial charge on any atom is -0.467 e. The van der Waals surface area contributed by atoms with Crippen LogP contribution in [-0.4, -0.2) is 30.3 Å². The average Bonchev–Trinajstić information content (AvgIpc) is 2.37. The summed E-state index contributed by atoms with van der Waals surface area (Å²) in [6.07, 6.45) is 0. The van der Waals surface area contributed by atoms with Crippen LogP contribution in [-0.2, 0) is 14.3 Å². The second-order valence-corrected chi connectivity index (χ2v) is 4.77. The molecule has 1 rings (SSSR count). The molecule has 0 aromatic heterocycles. The van der Waals surface area contributed by atoms with E-state index in [0.717, 1.165) is 5.56 Å². The molecule has 0 heterocycles. The van der Waals surface area contributed by atoms with Crippen LogP contribution in [0.4, 0.5) is 0 Å². The predicted molar refractivity (Wildman–Crippen MR) is 69.7 cm³/mol. The van der Waals surface area contributed by atoms with Gasteiger partial charge in [0.2, 0.25) is 5.78 Å². The van der Waals surface area contributed by atoms with Gasteiger partial charge in [0, 0.05) is 5.56 Å². The number of aryl methyl sites for hydroxylation is 1. The van der Waals surface area contributed by atoms with Crippen molar-refractivity contribution in [2.45, 2.75) is 26.3 Å². The largest absolute Gasteiger partial charge is 0.467 e. The van der Waals surface area contributed by atoms with E-state index in [9.17, 15) is 14.4 Å². The fourth-order valence-electron chi connectivity index (χ4n) is 1.48. The van der Waals surface area contributed by atoms with Gasteiger partial charge in [0.25, 0.3) is 5.91 Å². The first kappa shape index (κ1) is 14.9. The first-order chi connectivity index (χ1) is 8.77. The number of benzene rings is 1. The molecule has 5 nitrogen and oxygen atoms in total. The molecule has 1 aromatic carbocycles. The number of Topliss-reactive ketones (excluding diaryl/α,β-unsaturated/α-hetero) is 1. The molecule has 0 fully saturated rings. The molecule has 1 N–H and O–H groups in total. The number of hydrogen-bond acceptors (Lipinski definition) is 4. The zero-order valence-electron chi connectivity index (χ0n) is 11.4. The van der Waals surface area contributed by atoms with E-state index in [-0.39, 0.29) is 5.56 Å². The molecule has 1 amide bonds. The van der Waals surface area contributed by atoms with E-state index >= 15 is 0 Å². The van der Waals surface area contributed by atoms with E-state index in [2.05, 4.69) is 10.1 Å². The van der Waals surface area contributed by atoms with Crippen LogP contribution >= 0.6 is 0 Å². The lowest BCUT2D eigenvalue weighted by molar-refractivity contribution is -0.148. The second kappa shape index (κ2) is 5.65. The Hall–Kier alpha value is -2.17. The Morgan fingerprint density at radius 3 is 2.11 bits per heavy atom. The number of carbonyl (C=O) groups is 3. The summed E-state index contributed by atoms with van der Waals surface area (Å²) >= 11 is 0. The van der Waals surface area contributed by atoms with Gasteiger partial charge in [-0.25, -0.2) is 4.79 Å². The molecule has 0 saturated heterocycles. The molecule has 0 aliphatic rings. The average molecular weight is 263 g/mol. The smallest absolute Gasteiger partial charge is 0.330 e. The van der Waals surface area contributed by atoms with Crippen molar-refractivity contribution in [3.05, 3.63) is 35.4 Å². The lowest BCUT2D eigenvalue weighted by Gasteiger charge is -2.22. The Bertz CT molecular complexity index is 503. The highest BCUT2D eigenvalue weighted by molar-refractivity contribution is 6.43. The van der Waals surface area contributed by atoms with E-state index < -0.39 is 23.2 Å². The van der Waals surface area contributed by atoms with Gasteiger partial charge in [-0.15, -0.1) is 0 Å². The summed E-state index contributed by atoms with van der Waals surface area (Å²) in [6, 6.07) is 6.63. The van der Waals surface area contributed by atoms with Crippen molar-refractivity contribution in [1.82, 2.24) is 5.32 Å². The summed E-state index contributed by atoms with van der Waals surface area (Å²) in [5.41, 5.74) is 0.0299. The second-order valence-electron chi connectivity index (χ2n) is 4.77. The number of methoxy groups -OCH3 is 1. The molecule has 1 aromatic rings. The molecule has 19 heavy (non-hydrogen) atoms. The molecule has 0 radical (unpaired) electrons. The zero-order valence-corrected chi connectivity index (χ0v) is 11.4. The number of hydrogen-bond donors (Lipinski definition) is 1. The van der Waals surface area contributed by atoms with Crippen molar-refractivity contribution < 1.29 is 19.1 Å². The number of ether oxygens (including phenoxy) is 1. The van der Waals surface area contributed by atoms with Crippen molar-refractivity contribution in [1.29, 1.82) is 0 Å². The standard InChI is InChI=1S/C14H17NO4/c1-9-5-7-10(8-6-9)11(16)12(17)15-14(2,3)13(18)19-4/h5-8H,1-4H3,(H,15,17). The van der Waals surface area contributed by atoms with E-state index in [1.807, 2.05) is 6.92 Å². The lowest BCUT2D eigenvalue weighted by atomic mass is 10.0. The predicted octanol–water partition coefficient (Wildman–Crippen LogP) is 1.25. The van der Waals surface area contributed by atoms with E-state index in [1.165, 1.54) is 21.0 Å². The molecule has 0 bridgehead atoms. The lowest BCUT2D eigenvalue weighted by Crippen LogP contribution is -2.52. The Morgan fingerprint density at radius 2 is 1.63 bits per heavy atom. The topological polar surface area (TPSA) is 72.5 Å². The van der Waals surface area contributed by atoms with Gasteiger partial charge in [-0.1, -0.05) is 29.8 Å². The summed E-state index contributed by atoms with van der Waals surface area (Å²) in [6.45, 7) is 4.83. The molecule has 5 heteroatoms. The van der Waals surface area contributed by atoms with Gasteiger partial charge >= 0.3 is 5.97 Å². The Morgan fingerprint density at radius 1 is 1.11 bits per heavy atom. The molecule has 0 saturated carbocycles. The first-order valence-corrected chi connectivity index (χ1v) is 5.80. The van der Waals surface area contributed by atoms with Crippen LogP contribution in [0.3, 0.4) is 0 Å². The van der Waals surface area contributed by atoms with Gasteiger partial charge in [0.1, 0.15) is 5.54 Å². The number of esters is 1. The molecular formula is C14H17NO4. The zero-order chi connectivity index (χ0) is 14.6. The van der Waals surface area contributed by atoms with Gasteiger partial charge in [0.05, 0.1) is 7.11 Å². The molecule has 102 valence electrons. The van der Waals surface area contributed by atoms with Crippen LogP contribution in [0.2, 0.25) is 0 Å². The molecule has 0 atom stereocenters. The molecular weight excluding hydrogens is 246 g/mol. The highest BCUT2D eigenvalue weighted by Crippen LogP contribution is 2.08. The molecule has 0 spiro atoms. The fourth-order valence-corrected chi connectivity index (χ4v) is 1.48. The van der Waals surface area contributed by atoms with Gasteiger partial charge in [-0.05, 0) is 20.8 Å². The summed E-state index contributed by atoms with van der Waals surface area (Å²) in [5.74, 6) is -2.13. The summed E-state index contributed by atoms with van der Waals surface area (Å²) in [4.78, 5) is 35.1. The summed E-state index contributed by atoms with van der Waals surface area (Å²) in [7, 11) is 1.22. The van der Waals surface area contributed by atoms with Gasteiger partial charge in [-0.3, -0.25) is 9.59 Å². The van der Waals surface area contributed by atoms with Crippen LogP contribution in [0.15, 0.2) is 24.3 Å². The monoisotopic (exact) mass is 263 g/mol. The Balaban J connectivity index is 2.81. The minimum absolute atomic E-state index is 0.281. The van der Waals surface area contributed by atoms with E-state index in [0.29, 0.717) is 0 Å². The third-order valence-corrected chi connectivity index (χ3v) is 2.64. The van der Waals surface area contributed by atoms with Crippen LogP contribution in [0.5, 0.6) is 0 Å². The molecule has 0 unspecified atom stereocenters. The van der Waals surface area contributed by atoms with Crippen molar-refractivity contribution in [2.24, 2.45) is 0 Å². The number of rotatable bonds is 4. The van der Waals surface area contributed by atoms with Gasteiger partial charge in [0.15, 0.2) is 0 Å². The molecule has 0 aliphatic carbocycles. The number of nitrogens with one attached hydrogen (secondary N) is 1. The maximum absolute atomic E-state index is 11.9. The van der Waals surface area contributed by atoms with Crippen molar-refractivity contribution in [3.8, 4) is 0 Å². The fraction of sp³-hybridized carbons (Fsp3) is 0.357. The van der Waals surface area contributed by atoms with Crippen molar-refractivity contribution >= 4 is 17.7 Å². The minimum atomic E-state index is -1.24. The van der Waals surface area contributed by atoms with Crippen LogP contribution in [0.1, 0.15) is 29.8 Å². The first-order valence-electron chi connectivity index (χ1n) is 5.80. The van der Waals surface area contributed by atoms with Gasteiger partial charge < -0.3 is 10.1 Å². The Labute approximate surface area is 111 Å². The molecule has 0 aliphatic heterocycles. The number of carbonyl (C=O) groups excluding carboxylic acids is 3. The maximum atomic E-state index is 11.9. The number of ketones is 1. The van der Waals surface area contributed by atoms with E-state index in [1.54, 1.807) is 24.3 Å². The van der Waals surface area contributed by atoms with Crippen molar-refractivity contribution in [3.63, 3.8) is 0 Å². The van der Waals surface area contributed by atoms with Gasteiger partial charge in [-0.2, -0.15) is 0 Å².